The van der Waals surface area contributed by atoms with Crippen molar-refractivity contribution >= 4 is 17.6 Å². The van der Waals surface area contributed by atoms with Gasteiger partial charge in [-0.1, -0.05) is 25.5 Å². The fourth-order valence-electron chi connectivity index (χ4n) is 4.20. The molecule has 47 heavy (non-hydrogen) atoms. The molecule has 0 radical (unpaired) electrons. The number of carbonyl (C=O) groups excluding carboxylic acids is 1. The zero-order valence-electron chi connectivity index (χ0n) is 25.8. The molecule has 0 atom stereocenters. The average molecular weight is 648 g/mol. The Morgan fingerprint density at radius 3 is 1.94 bits per heavy atom. The number of aromatic carboxylic acids is 1. The second-order valence-corrected chi connectivity index (χ2v) is 11.3. The zero-order valence-corrected chi connectivity index (χ0v) is 25.8. The molecule has 0 spiro atoms. The Balaban J connectivity index is 1.23. The van der Waals surface area contributed by atoms with Crippen LogP contribution in [0.5, 0.6) is 23.0 Å². The van der Waals surface area contributed by atoms with E-state index in [0.717, 1.165) is 5.56 Å². The summed E-state index contributed by atoms with van der Waals surface area (Å²) in [6, 6.07) is 21.6. The Labute approximate surface area is 269 Å². The molecule has 0 fully saturated rings. The number of nitrogens with zero attached hydrogens (tertiary/aromatic N) is 1. The van der Waals surface area contributed by atoms with E-state index in [1.807, 2.05) is 13.8 Å². The first-order valence-electron chi connectivity index (χ1n) is 14.3. The quantitative estimate of drug-likeness (QED) is 0.0428. The Hall–Kier alpha value is -5.50. The van der Waals surface area contributed by atoms with Crippen LogP contribution < -0.4 is 19.1 Å². The van der Waals surface area contributed by atoms with Gasteiger partial charge in [0.05, 0.1) is 29.3 Å². The van der Waals surface area contributed by atoms with Crippen molar-refractivity contribution in [1.82, 2.24) is 0 Å². The highest BCUT2D eigenvalue weighted by molar-refractivity contribution is 6.03. The van der Waals surface area contributed by atoms with E-state index < -0.39 is 22.3 Å². The van der Waals surface area contributed by atoms with Gasteiger partial charge < -0.3 is 24.2 Å². The number of ether oxygens (including phenoxy) is 3. The first-order chi connectivity index (χ1) is 22.4. The van der Waals surface area contributed by atoms with Crippen molar-refractivity contribution in [3.05, 3.63) is 123 Å². The second-order valence-electron chi connectivity index (χ2n) is 11.3. The molecule has 0 bridgehead atoms. The van der Waals surface area contributed by atoms with Crippen LogP contribution in [-0.4, -0.2) is 40.4 Å². The van der Waals surface area contributed by atoms with Gasteiger partial charge in [-0.15, -0.1) is 0 Å². The van der Waals surface area contributed by atoms with E-state index in [4.69, 9.17) is 29.2 Å². The summed E-state index contributed by atoms with van der Waals surface area (Å²) >= 11 is 0. The summed E-state index contributed by atoms with van der Waals surface area (Å²) in [6.45, 7) is 6.05. The van der Waals surface area contributed by atoms with Crippen LogP contribution in [0.2, 0.25) is 0 Å². The molecule has 4 aromatic carbocycles. The lowest BCUT2D eigenvalue weighted by molar-refractivity contribution is -0.385. The molecule has 4 aromatic rings. The van der Waals surface area contributed by atoms with Crippen molar-refractivity contribution in [2.24, 2.45) is 5.41 Å². The number of esters is 1. The normalized spacial score (nSPS) is 11.1. The van der Waals surface area contributed by atoms with Crippen molar-refractivity contribution in [2.75, 3.05) is 13.2 Å². The van der Waals surface area contributed by atoms with Crippen LogP contribution in [0.15, 0.2) is 84.9 Å². The van der Waals surface area contributed by atoms with Crippen molar-refractivity contribution < 1.29 is 53.7 Å². The minimum absolute atomic E-state index is 0.0301. The lowest BCUT2D eigenvalue weighted by atomic mass is 9.96. The van der Waals surface area contributed by atoms with Gasteiger partial charge in [0, 0.05) is 17.5 Å². The van der Waals surface area contributed by atoms with Crippen LogP contribution in [0.1, 0.15) is 51.3 Å². The molecule has 246 valence electrons. The number of hydrogen-bond donors (Lipinski definition) is 2. The highest BCUT2D eigenvalue weighted by atomic mass is 17.2. The maximum atomic E-state index is 12.6. The van der Waals surface area contributed by atoms with Gasteiger partial charge >= 0.3 is 11.9 Å². The number of carboxylic acid groups (broad SMARTS) is 1. The molecular formula is C34H33NO12. The predicted octanol–water partition coefficient (Wildman–Crippen LogP) is 6.80. The molecule has 0 saturated heterocycles. The smallest absolute Gasteiger partial charge is 0.344 e. The number of benzene rings is 4. The van der Waals surface area contributed by atoms with Gasteiger partial charge in [-0.25, -0.2) is 14.5 Å². The molecule has 13 nitrogen and oxygen atoms in total. The van der Waals surface area contributed by atoms with Crippen LogP contribution >= 0.6 is 0 Å². The van der Waals surface area contributed by atoms with Gasteiger partial charge in [0.25, 0.3) is 5.69 Å². The number of nitro groups is 1. The second kappa shape index (κ2) is 15.7. The van der Waals surface area contributed by atoms with E-state index in [2.05, 4.69) is 4.89 Å². The van der Waals surface area contributed by atoms with Crippen molar-refractivity contribution in [3.8, 4) is 23.0 Å². The summed E-state index contributed by atoms with van der Waals surface area (Å²) in [6.07, 6.45) is 0. The van der Waals surface area contributed by atoms with Gasteiger partial charge in [-0.2, -0.15) is 4.89 Å². The average Bonchev–Trinajstić information content (AvgIpc) is 3.04. The first-order valence-corrected chi connectivity index (χ1v) is 14.3. The fourth-order valence-corrected chi connectivity index (χ4v) is 4.20. The van der Waals surface area contributed by atoms with Gasteiger partial charge in [0.1, 0.15) is 30.5 Å². The van der Waals surface area contributed by atoms with Crippen LogP contribution in [0.3, 0.4) is 0 Å². The summed E-state index contributed by atoms with van der Waals surface area (Å²) in [5, 5.41) is 29.2. The summed E-state index contributed by atoms with van der Waals surface area (Å²) in [4.78, 5) is 49.4. The molecule has 2 N–H and O–H groups in total. The molecule has 0 aromatic heterocycles. The number of rotatable bonds is 16. The molecular weight excluding hydrogens is 614 g/mol. The van der Waals surface area contributed by atoms with E-state index >= 15 is 0 Å². The van der Waals surface area contributed by atoms with E-state index in [1.54, 1.807) is 61.5 Å². The summed E-state index contributed by atoms with van der Waals surface area (Å²) in [7, 11) is 0. The number of carboxylic acids is 1. The maximum absolute atomic E-state index is 12.6. The van der Waals surface area contributed by atoms with Crippen molar-refractivity contribution in [1.29, 1.82) is 0 Å². The molecule has 0 amide bonds. The third-order valence-electron chi connectivity index (χ3n) is 6.73. The van der Waals surface area contributed by atoms with E-state index in [0.29, 0.717) is 41.6 Å². The minimum atomic E-state index is -1.22. The SMILES string of the molecule is Cc1ccc(C(=O)O)c(C(=O)Oc2ccc(OCC(C)(C)COc3ccc(OOCc4cc([N+](=O)[O-])ccc4COO)cc3)cc2)c1. The number of non-ortho nitro benzene ring substituents is 1. The summed E-state index contributed by atoms with van der Waals surface area (Å²) in [5.41, 5.74) is 0.972. The van der Waals surface area contributed by atoms with E-state index in [9.17, 15) is 24.8 Å². The summed E-state index contributed by atoms with van der Waals surface area (Å²) < 4.78 is 17.2. The summed E-state index contributed by atoms with van der Waals surface area (Å²) in [5.74, 6) is -0.244. The van der Waals surface area contributed by atoms with Gasteiger partial charge in [0.15, 0.2) is 5.75 Å². The van der Waals surface area contributed by atoms with Crippen molar-refractivity contribution in [2.45, 2.75) is 34.0 Å². The first kappa shape index (κ1) is 34.4. The predicted molar refractivity (Wildman–Crippen MR) is 167 cm³/mol. The lowest BCUT2D eigenvalue weighted by Gasteiger charge is -2.25. The van der Waals surface area contributed by atoms with Crippen LogP contribution in [0, 0.1) is 22.5 Å². The maximum Gasteiger partial charge on any atom is 0.344 e. The van der Waals surface area contributed by atoms with Crippen LogP contribution in [0.4, 0.5) is 5.69 Å². The molecule has 4 rings (SSSR count). The highest BCUT2D eigenvalue weighted by Gasteiger charge is 2.22. The molecule has 0 aliphatic heterocycles. The molecule has 0 saturated carbocycles. The van der Waals surface area contributed by atoms with E-state index in [1.165, 1.54) is 30.3 Å². The van der Waals surface area contributed by atoms with E-state index in [-0.39, 0.29) is 35.8 Å². The monoisotopic (exact) mass is 647 g/mol. The fraction of sp³-hybridized carbons (Fsp3) is 0.235. The Kier molecular flexibility index (Phi) is 11.5. The third-order valence-corrected chi connectivity index (χ3v) is 6.73. The number of nitro benzene ring substituents is 1. The topological polar surface area (TPSA) is 173 Å². The number of hydrogen-bond acceptors (Lipinski definition) is 11. The third kappa shape index (κ3) is 9.99. The molecule has 0 unspecified atom stereocenters. The van der Waals surface area contributed by atoms with Crippen molar-refractivity contribution in [3.63, 3.8) is 0 Å². The Morgan fingerprint density at radius 2 is 1.36 bits per heavy atom. The van der Waals surface area contributed by atoms with Gasteiger partial charge in [-0.05, 0) is 84.8 Å². The largest absolute Gasteiger partial charge is 0.493 e. The minimum Gasteiger partial charge on any atom is -0.493 e. The van der Waals surface area contributed by atoms with Crippen LogP contribution in [-0.2, 0) is 23.0 Å². The molecule has 0 aliphatic rings. The van der Waals surface area contributed by atoms with Crippen LogP contribution in [0.25, 0.3) is 0 Å². The Bertz CT molecular complexity index is 1700. The molecule has 0 aliphatic carbocycles. The van der Waals surface area contributed by atoms with Gasteiger partial charge in [0.2, 0.25) is 0 Å². The molecule has 0 heterocycles. The standard InChI is InChI=1S/C34H33NO12/c1-22-4-15-30(32(36)37)31(16-22)33(38)46-28-11-7-26(8-12-28)42-20-34(2,3)21-43-27-9-13-29(14-10-27)47-45-19-24-17-25(35(39)40)6-5-23(24)18-44-41/h4-17,41H,18-21H2,1-3H3,(H,36,37). The lowest BCUT2D eigenvalue weighted by Crippen LogP contribution is -2.28. The zero-order chi connectivity index (χ0) is 34.0. The number of aryl methyl sites for hydroxylation is 1. The Morgan fingerprint density at radius 1 is 0.766 bits per heavy atom. The van der Waals surface area contributed by atoms with Gasteiger partial charge in [-0.3, -0.25) is 15.4 Å². The highest BCUT2D eigenvalue weighted by Crippen LogP contribution is 2.26. The molecule has 13 heteroatoms. The number of carbonyl (C=O) groups is 2.